The molecule has 2 aliphatic heterocycles. The molecule has 27 heavy (non-hydrogen) atoms. The van der Waals surface area contributed by atoms with Gasteiger partial charge < -0.3 is 15.8 Å². The Labute approximate surface area is 160 Å². The zero-order valence-corrected chi connectivity index (χ0v) is 15.7. The van der Waals surface area contributed by atoms with Gasteiger partial charge in [-0.3, -0.25) is 9.69 Å². The molecule has 2 bridgehead atoms. The maximum absolute atomic E-state index is 12.9. The first kappa shape index (κ1) is 17.9. The van der Waals surface area contributed by atoms with Crippen LogP contribution in [0.25, 0.3) is 0 Å². The third-order valence-corrected chi connectivity index (χ3v) is 5.96. The molecule has 3 atom stereocenters. The van der Waals surface area contributed by atoms with E-state index in [0.717, 1.165) is 25.8 Å². The van der Waals surface area contributed by atoms with E-state index in [9.17, 15) is 4.79 Å². The molecule has 0 aromatic heterocycles. The Morgan fingerprint density at radius 3 is 2.70 bits per heavy atom. The largest absolute Gasteiger partial charge is 0.496 e. The number of nitrogens with one attached hydrogen (secondary N) is 1. The molecule has 142 valence electrons. The van der Waals surface area contributed by atoms with Gasteiger partial charge in [-0.1, -0.05) is 30.3 Å². The summed E-state index contributed by atoms with van der Waals surface area (Å²) in [5, 5.41) is 3.27. The zero-order chi connectivity index (χ0) is 18.8. The highest BCUT2D eigenvalue weighted by molar-refractivity contribution is 5.97. The molecule has 2 saturated heterocycles. The fraction of sp³-hybridized carbons (Fsp3) is 0.409. The van der Waals surface area contributed by atoms with E-state index in [1.54, 1.807) is 25.3 Å². The lowest BCUT2D eigenvalue weighted by molar-refractivity contribution is 0.0774. The molecule has 0 spiro atoms. The van der Waals surface area contributed by atoms with Gasteiger partial charge in [-0.2, -0.15) is 0 Å². The van der Waals surface area contributed by atoms with Gasteiger partial charge in [-0.25, -0.2) is 0 Å². The highest BCUT2D eigenvalue weighted by atomic mass is 16.5. The van der Waals surface area contributed by atoms with E-state index in [4.69, 9.17) is 10.5 Å². The predicted octanol–water partition coefficient (Wildman–Crippen LogP) is 3.20. The monoisotopic (exact) mass is 365 g/mol. The maximum atomic E-state index is 12.9. The highest BCUT2D eigenvalue weighted by Gasteiger charge is 2.42. The smallest absolute Gasteiger partial charge is 0.255 e. The van der Waals surface area contributed by atoms with Crippen LogP contribution in [0.2, 0.25) is 0 Å². The minimum atomic E-state index is -0.0816. The number of piperidine rings is 1. The van der Waals surface area contributed by atoms with Gasteiger partial charge in [0.15, 0.2) is 0 Å². The average Bonchev–Trinajstić information content (AvgIpc) is 2.95. The summed E-state index contributed by atoms with van der Waals surface area (Å²) in [5.74, 6) is 0.440. The minimum absolute atomic E-state index is 0.0816. The van der Waals surface area contributed by atoms with Crippen molar-refractivity contribution in [1.29, 1.82) is 0 Å². The van der Waals surface area contributed by atoms with E-state index >= 15 is 0 Å². The van der Waals surface area contributed by atoms with Crippen LogP contribution in [0.4, 0.5) is 5.69 Å². The predicted molar refractivity (Wildman–Crippen MR) is 107 cm³/mol. The van der Waals surface area contributed by atoms with Gasteiger partial charge in [-0.15, -0.1) is 0 Å². The van der Waals surface area contributed by atoms with Crippen molar-refractivity contribution in [2.75, 3.05) is 12.8 Å². The van der Waals surface area contributed by atoms with Crippen molar-refractivity contribution in [2.45, 2.75) is 50.4 Å². The molecule has 2 aromatic carbocycles. The summed E-state index contributed by atoms with van der Waals surface area (Å²) in [6.45, 7) is 0.952. The Bertz CT molecular complexity index is 808. The number of rotatable bonds is 5. The van der Waals surface area contributed by atoms with Crippen molar-refractivity contribution < 1.29 is 9.53 Å². The number of methoxy groups -OCH3 is 1. The molecule has 0 saturated carbocycles. The van der Waals surface area contributed by atoms with Crippen LogP contribution in [-0.2, 0) is 6.54 Å². The standard InChI is InChI=1S/C22H27N3O2/c1-27-21-13-16(23)7-10-18(21)22(26)24-19-11-8-17-9-12-20(19)25(17)14-15-5-3-2-4-6-15/h2-7,10,13,17,19-20H,8-9,11-12,14,23H2,1H3,(H,24,26). The van der Waals surface area contributed by atoms with E-state index in [2.05, 4.69) is 40.5 Å². The van der Waals surface area contributed by atoms with Gasteiger partial charge in [0.1, 0.15) is 5.75 Å². The summed E-state index contributed by atoms with van der Waals surface area (Å²) in [6.07, 6.45) is 4.52. The van der Waals surface area contributed by atoms with Crippen molar-refractivity contribution in [3.8, 4) is 5.75 Å². The van der Waals surface area contributed by atoms with E-state index in [1.165, 1.54) is 12.0 Å². The second kappa shape index (κ2) is 7.61. The van der Waals surface area contributed by atoms with Crippen LogP contribution in [0.1, 0.15) is 41.6 Å². The van der Waals surface area contributed by atoms with Crippen LogP contribution in [0.3, 0.4) is 0 Å². The average molecular weight is 365 g/mol. The third kappa shape index (κ3) is 3.65. The Kier molecular flexibility index (Phi) is 5.03. The number of hydrogen-bond acceptors (Lipinski definition) is 4. The van der Waals surface area contributed by atoms with E-state index in [1.807, 2.05) is 0 Å². The molecule has 2 aromatic rings. The number of anilines is 1. The van der Waals surface area contributed by atoms with Gasteiger partial charge in [0.05, 0.1) is 12.7 Å². The summed E-state index contributed by atoms with van der Waals surface area (Å²) in [4.78, 5) is 15.5. The minimum Gasteiger partial charge on any atom is -0.496 e. The number of ether oxygens (including phenoxy) is 1. The Balaban J connectivity index is 1.48. The number of nitrogens with two attached hydrogens (primary N) is 1. The second-order valence-electron chi connectivity index (χ2n) is 7.57. The van der Waals surface area contributed by atoms with Crippen LogP contribution in [-0.4, -0.2) is 36.0 Å². The lowest BCUT2D eigenvalue weighted by atomic mass is 9.96. The van der Waals surface area contributed by atoms with Gasteiger partial charge >= 0.3 is 0 Å². The topological polar surface area (TPSA) is 67.6 Å². The van der Waals surface area contributed by atoms with Gasteiger partial charge in [0.25, 0.3) is 5.91 Å². The van der Waals surface area contributed by atoms with E-state index in [-0.39, 0.29) is 11.9 Å². The van der Waals surface area contributed by atoms with E-state index < -0.39 is 0 Å². The number of amides is 1. The SMILES string of the molecule is COc1cc(N)ccc1C(=O)NC1CCC2CCC1N2Cc1ccccc1. The Morgan fingerprint density at radius 1 is 1.15 bits per heavy atom. The van der Waals surface area contributed by atoms with Crippen LogP contribution >= 0.6 is 0 Å². The molecule has 3 N–H and O–H groups in total. The number of carbonyl (C=O) groups excluding carboxylic acids is 1. The molecule has 2 heterocycles. The van der Waals surface area contributed by atoms with E-state index in [0.29, 0.717) is 29.1 Å². The fourth-order valence-corrected chi connectivity index (χ4v) is 4.62. The second-order valence-corrected chi connectivity index (χ2v) is 7.57. The highest BCUT2D eigenvalue weighted by Crippen LogP contribution is 2.37. The van der Waals surface area contributed by atoms with Crippen molar-refractivity contribution in [3.63, 3.8) is 0 Å². The lowest BCUT2D eigenvalue weighted by Crippen LogP contribution is -2.54. The van der Waals surface area contributed by atoms with Crippen LogP contribution in [0.15, 0.2) is 48.5 Å². The molecule has 1 amide bonds. The molecule has 0 radical (unpaired) electrons. The van der Waals surface area contributed by atoms with Crippen LogP contribution < -0.4 is 15.8 Å². The summed E-state index contributed by atoms with van der Waals surface area (Å²) in [5.41, 5.74) is 8.28. The first-order valence-corrected chi connectivity index (χ1v) is 9.70. The zero-order valence-electron chi connectivity index (χ0n) is 15.7. The van der Waals surface area contributed by atoms with Gasteiger partial charge in [-0.05, 0) is 43.4 Å². The molecule has 4 rings (SSSR count). The maximum Gasteiger partial charge on any atom is 0.255 e. The molecular formula is C22H27N3O2. The number of hydrogen-bond donors (Lipinski definition) is 2. The number of carbonyl (C=O) groups is 1. The van der Waals surface area contributed by atoms with Gasteiger partial charge in [0, 0.05) is 36.4 Å². The van der Waals surface area contributed by atoms with Crippen molar-refractivity contribution in [3.05, 3.63) is 59.7 Å². The lowest BCUT2D eigenvalue weighted by Gasteiger charge is -2.40. The quantitative estimate of drug-likeness (QED) is 0.799. The summed E-state index contributed by atoms with van der Waals surface area (Å²) in [7, 11) is 1.56. The Morgan fingerprint density at radius 2 is 1.93 bits per heavy atom. The van der Waals surface area contributed by atoms with Crippen LogP contribution in [0, 0.1) is 0 Å². The molecule has 3 unspecified atom stereocenters. The molecule has 5 nitrogen and oxygen atoms in total. The Hall–Kier alpha value is -2.53. The molecule has 5 heteroatoms. The molecule has 2 aliphatic rings. The number of nitrogens with zero attached hydrogens (tertiary/aromatic N) is 1. The molecular weight excluding hydrogens is 338 g/mol. The van der Waals surface area contributed by atoms with Crippen molar-refractivity contribution in [1.82, 2.24) is 10.2 Å². The van der Waals surface area contributed by atoms with Gasteiger partial charge in [0.2, 0.25) is 0 Å². The summed E-state index contributed by atoms with van der Waals surface area (Å²) >= 11 is 0. The van der Waals surface area contributed by atoms with Crippen molar-refractivity contribution in [2.24, 2.45) is 0 Å². The normalized spacial score (nSPS) is 24.6. The summed E-state index contributed by atoms with van der Waals surface area (Å²) in [6, 6.07) is 17.0. The fourth-order valence-electron chi connectivity index (χ4n) is 4.62. The third-order valence-electron chi connectivity index (χ3n) is 5.96. The molecule has 2 fully saturated rings. The number of nitrogen functional groups attached to an aromatic ring is 1. The van der Waals surface area contributed by atoms with Crippen LogP contribution in [0.5, 0.6) is 5.75 Å². The summed E-state index contributed by atoms with van der Waals surface area (Å²) < 4.78 is 5.35. The molecule has 0 aliphatic carbocycles. The number of fused-ring (bicyclic) bond motifs is 2. The van der Waals surface area contributed by atoms with Crippen molar-refractivity contribution >= 4 is 11.6 Å². The first-order chi connectivity index (χ1) is 13.2. The number of benzene rings is 2. The first-order valence-electron chi connectivity index (χ1n) is 9.70.